The Kier molecular flexibility index (Phi) is 3.72. The molecule has 76 valence electrons. The van der Waals surface area contributed by atoms with E-state index in [-0.39, 0.29) is 11.8 Å². The second-order valence-corrected chi connectivity index (χ2v) is 2.61. The molecule has 0 amide bonds. The van der Waals surface area contributed by atoms with Crippen LogP contribution in [0.15, 0.2) is 29.3 Å². The van der Waals surface area contributed by atoms with Crippen molar-refractivity contribution in [1.29, 1.82) is 0 Å². The average Bonchev–Trinajstić information content (AvgIpc) is 2.15. The molecule has 0 radical (unpaired) electrons. The van der Waals surface area contributed by atoms with Gasteiger partial charge in [-0.25, -0.2) is 4.39 Å². The lowest BCUT2D eigenvalue weighted by atomic mass is 10.3. The second kappa shape index (κ2) is 5.06. The van der Waals surface area contributed by atoms with Crippen LogP contribution >= 0.6 is 0 Å². The summed E-state index contributed by atoms with van der Waals surface area (Å²) in [7, 11) is 0. The molecular formula is C9H12FN3O. The summed E-state index contributed by atoms with van der Waals surface area (Å²) in [5.41, 5.74) is 10.2. The molecule has 0 fully saturated rings. The highest BCUT2D eigenvalue weighted by Crippen LogP contribution is 2.10. The Bertz CT molecular complexity index is 306. The van der Waals surface area contributed by atoms with Crippen LogP contribution in [-0.2, 0) is 0 Å². The summed E-state index contributed by atoms with van der Waals surface area (Å²) < 4.78 is 17.7. The summed E-state index contributed by atoms with van der Waals surface area (Å²) in [6.07, 6.45) is 0. The molecule has 0 bridgehead atoms. The highest BCUT2D eigenvalue weighted by Gasteiger charge is 1.93. The van der Waals surface area contributed by atoms with E-state index in [1.807, 2.05) is 0 Å². The molecule has 0 aromatic heterocycles. The molecule has 14 heavy (non-hydrogen) atoms. The van der Waals surface area contributed by atoms with Crippen molar-refractivity contribution in [3.63, 3.8) is 0 Å². The zero-order valence-electron chi connectivity index (χ0n) is 7.61. The topological polar surface area (TPSA) is 73.6 Å². The first-order chi connectivity index (χ1) is 6.68. The van der Waals surface area contributed by atoms with Crippen LogP contribution in [0.3, 0.4) is 0 Å². The minimum absolute atomic E-state index is 0.0349. The summed E-state index contributed by atoms with van der Waals surface area (Å²) >= 11 is 0. The number of ether oxygens (including phenoxy) is 1. The summed E-state index contributed by atoms with van der Waals surface area (Å²) in [6.45, 7) is 0.753. The predicted molar refractivity (Wildman–Crippen MR) is 52.6 cm³/mol. The SMILES string of the molecule is NC(N)=NCCOc1ccc([18F])cc1. The largest absolute Gasteiger partial charge is 0.492 e. The minimum Gasteiger partial charge on any atom is -0.492 e. The van der Waals surface area contributed by atoms with E-state index in [0.717, 1.165) is 0 Å². The fourth-order valence-electron chi connectivity index (χ4n) is 0.869. The maximum Gasteiger partial charge on any atom is 0.186 e. The molecule has 5 heteroatoms. The van der Waals surface area contributed by atoms with Gasteiger partial charge < -0.3 is 16.2 Å². The van der Waals surface area contributed by atoms with Gasteiger partial charge in [-0.3, -0.25) is 4.99 Å². The lowest BCUT2D eigenvalue weighted by molar-refractivity contribution is 0.328. The Morgan fingerprint density at radius 3 is 2.50 bits per heavy atom. The summed E-state index contributed by atoms with van der Waals surface area (Å²) in [5.74, 6) is 0.339. The lowest BCUT2D eigenvalue weighted by Crippen LogP contribution is -2.23. The third-order valence-corrected chi connectivity index (χ3v) is 1.47. The number of nitrogens with zero attached hydrogens (tertiary/aromatic N) is 1. The molecule has 0 spiro atoms. The molecule has 1 aromatic carbocycles. The molecular weight excluding hydrogens is 184 g/mol. The van der Waals surface area contributed by atoms with Gasteiger partial charge in [0.2, 0.25) is 0 Å². The molecule has 0 unspecified atom stereocenters. The van der Waals surface area contributed by atoms with Crippen molar-refractivity contribution >= 4 is 5.96 Å². The van der Waals surface area contributed by atoms with E-state index >= 15 is 0 Å². The molecule has 0 saturated heterocycles. The highest BCUT2D eigenvalue weighted by molar-refractivity contribution is 5.75. The fourth-order valence-corrected chi connectivity index (χ4v) is 0.869. The molecule has 0 aliphatic carbocycles. The molecule has 0 atom stereocenters. The van der Waals surface area contributed by atoms with Crippen molar-refractivity contribution in [2.45, 2.75) is 0 Å². The summed E-state index contributed by atoms with van der Waals surface area (Å²) in [6, 6.07) is 5.75. The van der Waals surface area contributed by atoms with E-state index in [4.69, 9.17) is 16.2 Å². The maximum atomic E-state index is 12.5. The summed E-state index contributed by atoms with van der Waals surface area (Å²) in [4.78, 5) is 3.73. The van der Waals surface area contributed by atoms with Gasteiger partial charge in [0.25, 0.3) is 0 Å². The number of aliphatic imine (C=N–C) groups is 1. The van der Waals surface area contributed by atoms with E-state index in [1.54, 1.807) is 12.1 Å². The Labute approximate surface area is 81.4 Å². The van der Waals surface area contributed by atoms with Crippen LogP contribution in [0.1, 0.15) is 0 Å². The Morgan fingerprint density at radius 2 is 1.93 bits per heavy atom. The van der Waals surface area contributed by atoms with Crippen LogP contribution in [0.25, 0.3) is 0 Å². The molecule has 0 aliphatic heterocycles. The van der Waals surface area contributed by atoms with Gasteiger partial charge in [0, 0.05) is 0 Å². The van der Waals surface area contributed by atoms with Gasteiger partial charge in [0.1, 0.15) is 18.2 Å². The monoisotopic (exact) mass is 196 g/mol. The second-order valence-electron chi connectivity index (χ2n) is 2.61. The van der Waals surface area contributed by atoms with Crippen molar-refractivity contribution in [3.05, 3.63) is 30.1 Å². The van der Waals surface area contributed by atoms with E-state index < -0.39 is 0 Å². The number of hydrogen-bond donors (Lipinski definition) is 2. The fraction of sp³-hybridized carbons (Fsp3) is 0.222. The van der Waals surface area contributed by atoms with Crippen LogP contribution in [0.4, 0.5) is 4.39 Å². The van der Waals surface area contributed by atoms with Gasteiger partial charge in [-0.2, -0.15) is 0 Å². The number of halogens is 1. The third-order valence-electron chi connectivity index (χ3n) is 1.47. The first-order valence-electron chi connectivity index (χ1n) is 4.12. The molecule has 0 heterocycles. The Hall–Kier alpha value is -1.78. The minimum atomic E-state index is -0.290. The smallest absolute Gasteiger partial charge is 0.186 e. The van der Waals surface area contributed by atoms with Gasteiger partial charge in [-0.05, 0) is 24.3 Å². The highest BCUT2D eigenvalue weighted by atomic mass is 18.2. The number of nitrogens with two attached hydrogens (primary N) is 2. The van der Waals surface area contributed by atoms with Crippen molar-refractivity contribution in [2.24, 2.45) is 16.5 Å². The van der Waals surface area contributed by atoms with Crippen molar-refractivity contribution < 1.29 is 9.13 Å². The van der Waals surface area contributed by atoms with Crippen molar-refractivity contribution in [1.82, 2.24) is 0 Å². The van der Waals surface area contributed by atoms with Crippen molar-refractivity contribution in [2.75, 3.05) is 13.2 Å². The average molecular weight is 196 g/mol. The number of benzene rings is 1. The van der Waals surface area contributed by atoms with Crippen molar-refractivity contribution in [3.8, 4) is 5.75 Å². The number of guanidine groups is 1. The predicted octanol–water partition coefficient (Wildman–Crippen LogP) is 0.478. The normalized spacial score (nSPS) is 9.50. The Balaban J connectivity index is 2.32. The standard InChI is InChI=1S/C9H12FN3O/c10-7-1-3-8(4-2-7)14-6-5-13-9(11)12/h1-4H,5-6H2,(H4,11,12,13)/i10-1. The number of rotatable bonds is 4. The quantitative estimate of drug-likeness (QED) is 0.418. The van der Waals surface area contributed by atoms with E-state index in [9.17, 15) is 4.39 Å². The van der Waals surface area contributed by atoms with Gasteiger partial charge >= 0.3 is 0 Å². The van der Waals surface area contributed by atoms with Gasteiger partial charge in [0.15, 0.2) is 5.96 Å². The van der Waals surface area contributed by atoms with Crippen LogP contribution in [-0.4, -0.2) is 19.1 Å². The first kappa shape index (κ1) is 10.3. The van der Waals surface area contributed by atoms with Gasteiger partial charge in [-0.1, -0.05) is 0 Å². The van der Waals surface area contributed by atoms with Crippen LogP contribution < -0.4 is 16.2 Å². The molecule has 0 aliphatic rings. The zero-order chi connectivity index (χ0) is 10.4. The van der Waals surface area contributed by atoms with Crippen LogP contribution in [0.2, 0.25) is 0 Å². The third kappa shape index (κ3) is 3.75. The molecule has 0 saturated carbocycles. The van der Waals surface area contributed by atoms with E-state index in [2.05, 4.69) is 4.99 Å². The zero-order valence-corrected chi connectivity index (χ0v) is 7.61. The lowest BCUT2D eigenvalue weighted by Gasteiger charge is -2.03. The Morgan fingerprint density at radius 1 is 1.29 bits per heavy atom. The van der Waals surface area contributed by atoms with E-state index in [0.29, 0.717) is 18.9 Å². The maximum absolute atomic E-state index is 12.5. The van der Waals surface area contributed by atoms with Crippen LogP contribution in [0.5, 0.6) is 5.75 Å². The molecule has 4 N–H and O–H groups in total. The number of hydrogen-bond acceptors (Lipinski definition) is 2. The summed E-state index contributed by atoms with van der Waals surface area (Å²) in [5, 5.41) is 0. The van der Waals surface area contributed by atoms with Gasteiger partial charge in [0.05, 0.1) is 6.54 Å². The van der Waals surface area contributed by atoms with E-state index in [1.165, 1.54) is 12.1 Å². The molecule has 1 rings (SSSR count). The molecule has 1 aromatic rings. The first-order valence-corrected chi connectivity index (χ1v) is 4.12. The molecule has 4 nitrogen and oxygen atoms in total. The van der Waals surface area contributed by atoms with Gasteiger partial charge in [-0.15, -0.1) is 0 Å². The van der Waals surface area contributed by atoms with Crippen LogP contribution in [0, 0.1) is 5.82 Å².